The minimum absolute atomic E-state index is 0.0149. The first-order valence-corrected chi connectivity index (χ1v) is 25.9. The van der Waals surface area contributed by atoms with Crippen LogP contribution in [0, 0.1) is 5.89 Å². The molecule has 0 spiro atoms. The zero-order valence-electron chi connectivity index (χ0n) is 53.4. The first kappa shape index (κ1) is 39.6. The van der Waals surface area contributed by atoms with Crippen molar-refractivity contribution >= 4 is 44.6 Å². The van der Waals surface area contributed by atoms with Crippen LogP contribution in [0.2, 0.25) is 0 Å². The molecule has 0 saturated carbocycles. The standard InChI is InChI=1S/C70H70N4O/c1-46(2)35-49-38-66(71-44-61(49)48-25-16-13-17-26-48)74-62-30-19-18-29-57(62)58-34-33-56(43-65(58)74)75-55-28-22-27-54(42-55)72-45-73(64-32-21-20-31-63(64)72)67-59(47-23-14-12-15-24-47)40-53(70(9,10)11)41-60(67)50-36-51(68(3,4)5)39-52(37-50)69(6,7)8/h12-34,36-44,46H,35,45H2,1-11H3/i1D3,2D3,38D,44D,46D. The molecule has 0 radical (unpaired) electrons. The molecule has 75 heavy (non-hydrogen) atoms. The van der Waals surface area contributed by atoms with Crippen LogP contribution in [0.25, 0.3) is 61.0 Å². The molecule has 0 unspecified atom stereocenters. The average Bonchev–Trinajstić information content (AvgIpc) is 1.74. The Morgan fingerprint density at radius 1 is 0.533 bits per heavy atom. The topological polar surface area (TPSA) is 33.5 Å². The number of nitrogens with zero attached hydrogens (tertiary/aromatic N) is 4. The van der Waals surface area contributed by atoms with Crippen LogP contribution >= 0.6 is 0 Å². The third-order valence-electron chi connectivity index (χ3n) is 14.5. The van der Waals surface area contributed by atoms with Crippen molar-refractivity contribution in [2.24, 2.45) is 5.89 Å². The van der Waals surface area contributed by atoms with Crippen molar-refractivity contribution in [1.29, 1.82) is 0 Å². The second kappa shape index (κ2) is 19.1. The number of fused-ring (bicyclic) bond motifs is 4. The van der Waals surface area contributed by atoms with Gasteiger partial charge in [-0.05, 0) is 128 Å². The van der Waals surface area contributed by atoms with Crippen molar-refractivity contribution in [3.05, 3.63) is 216 Å². The lowest BCUT2D eigenvalue weighted by molar-refractivity contribution is 0.483. The number of benzene rings is 8. The Bertz CT molecular complexity index is 4100. The number of para-hydroxylation sites is 3. The summed E-state index contributed by atoms with van der Waals surface area (Å²) in [5.41, 5.74) is 13.9. The van der Waals surface area contributed by atoms with Gasteiger partial charge in [0, 0.05) is 61.1 Å². The molecule has 376 valence electrons. The van der Waals surface area contributed by atoms with Gasteiger partial charge in [0.1, 0.15) is 24.0 Å². The van der Waals surface area contributed by atoms with Gasteiger partial charge in [0.2, 0.25) is 0 Å². The van der Waals surface area contributed by atoms with Gasteiger partial charge in [0.15, 0.2) is 0 Å². The highest BCUT2D eigenvalue weighted by Gasteiger charge is 2.34. The van der Waals surface area contributed by atoms with Crippen LogP contribution in [-0.4, -0.2) is 16.2 Å². The Morgan fingerprint density at radius 2 is 1.09 bits per heavy atom. The van der Waals surface area contributed by atoms with Gasteiger partial charge in [0.05, 0.1) is 30.8 Å². The Hall–Kier alpha value is -7.89. The Balaban J connectivity index is 1.03. The molecule has 0 bridgehead atoms. The molecule has 11 rings (SSSR count). The molecule has 5 heteroatoms. The molecule has 0 N–H and O–H groups in total. The molecule has 0 aliphatic carbocycles. The molecular formula is C70H70N4O. The molecule has 1 aliphatic rings. The lowest BCUT2D eigenvalue weighted by Crippen LogP contribution is -2.25. The highest BCUT2D eigenvalue weighted by Crippen LogP contribution is 2.52. The molecule has 1 aliphatic heterocycles. The molecule has 3 heterocycles. The summed E-state index contributed by atoms with van der Waals surface area (Å²) in [5.74, 6) is -1.98. The van der Waals surface area contributed by atoms with E-state index in [0.717, 1.165) is 50.2 Å². The first-order valence-electron chi connectivity index (χ1n) is 30.4. The molecule has 2 aromatic heterocycles. The molecule has 8 aromatic carbocycles. The van der Waals surface area contributed by atoms with Gasteiger partial charge in [-0.2, -0.15) is 0 Å². The predicted octanol–water partition coefficient (Wildman–Crippen LogP) is 19.3. The summed E-state index contributed by atoms with van der Waals surface area (Å²) in [7, 11) is 0. The number of pyridine rings is 1. The van der Waals surface area contributed by atoms with Gasteiger partial charge >= 0.3 is 0 Å². The first-order chi connectivity index (χ1) is 39.5. The van der Waals surface area contributed by atoms with Crippen LogP contribution in [0.5, 0.6) is 11.5 Å². The molecular weight excluding hydrogens is 913 g/mol. The van der Waals surface area contributed by atoms with Gasteiger partial charge in [-0.15, -0.1) is 0 Å². The van der Waals surface area contributed by atoms with E-state index in [4.69, 9.17) is 19.3 Å². The fourth-order valence-corrected chi connectivity index (χ4v) is 10.4. The van der Waals surface area contributed by atoms with E-state index >= 15 is 0 Å². The molecule has 0 fully saturated rings. The largest absolute Gasteiger partial charge is 0.457 e. The number of hydrogen-bond donors (Lipinski definition) is 0. The van der Waals surface area contributed by atoms with Gasteiger partial charge in [-0.25, -0.2) is 4.98 Å². The van der Waals surface area contributed by atoms with Crippen molar-refractivity contribution in [1.82, 2.24) is 9.55 Å². The summed E-state index contributed by atoms with van der Waals surface area (Å²) in [6.07, 6.45) is -1.16. The minimum Gasteiger partial charge on any atom is -0.457 e. The third-order valence-corrected chi connectivity index (χ3v) is 14.5. The van der Waals surface area contributed by atoms with Crippen LogP contribution in [0.3, 0.4) is 0 Å². The fourth-order valence-electron chi connectivity index (χ4n) is 10.4. The molecule has 0 saturated heterocycles. The van der Waals surface area contributed by atoms with Crippen molar-refractivity contribution in [3.8, 4) is 50.7 Å². The number of rotatable bonds is 10. The maximum absolute atomic E-state index is 9.86. The minimum atomic E-state index is -3.28. The van der Waals surface area contributed by atoms with E-state index in [2.05, 4.69) is 163 Å². The normalized spacial score (nSPS) is 15.3. The van der Waals surface area contributed by atoms with Crippen molar-refractivity contribution in [3.63, 3.8) is 0 Å². The van der Waals surface area contributed by atoms with E-state index in [1.807, 2.05) is 60.7 Å². The summed E-state index contributed by atoms with van der Waals surface area (Å²) in [6, 6.07) is 61.0. The quantitative estimate of drug-likeness (QED) is 0.137. The van der Waals surface area contributed by atoms with E-state index < -0.39 is 26.0 Å². The maximum Gasteiger partial charge on any atom is 0.137 e. The summed E-state index contributed by atoms with van der Waals surface area (Å²) >= 11 is 0. The smallest absolute Gasteiger partial charge is 0.137 e. The van der Waals surface area contributed by atoms with E-state index in [-0.39, 0.29) is 45.4 Å². The highest BCUT2D eigenvalue weighted by molar-refractivity contribution is 6.09. The second-order valence-electron chi connectivity index (χ2n) is 23.0. The number of anilines is 4. The van der Waals surface area contributed by atoms with E-state index in [9.17, 15) is 2.74 Å². The molecule has 5 nitrogen and oxygen atoms in total. The van der Waals surface area contributed by atoms with E-state index in [0.29, 0.717) is 34.8 Å². The molecule has 0 atom stereocenters. The van der Waals surface area contributed by atoms with Crippen molar-refractivity contribution < 1.29 is 17.1 Å². The average molecular weight is 992 g/mol. The summed E-state index contributed by atoms with van der Waals surface area (Å²) in [5, 5.41) is 1.62. The van der Waals surface area contributed by atoms with Gasteiger partial charge < -0.3 is 14.5 Å². The maximum atomic E-state index is 9.86. The summed E-state index contributed by atoms with van der Waals surface area (Å²) in [6.45, 7) is 14.5. The zero-order valence-corrected chi connectivity index (χ0v) is 44.4. The summed E-state index contributed by atoms with van der Waals surface area (Å²) < 4.78 is 87.0. The van der Waals surface area contributed by atoms with Crippen LogP contribution in [0.4, 0.5) is 22.7 Å². The SMILES string of the molecule is [2H]c1nc(-n2c3ccccc3c3ccc(Oc4cccc(N5CN(c6c(-c7ccccc7)cc(C(C)(C)C)cc6-c6cc(C(C)(C)C)cc(C(C)(C)C)c6)c6ccccc65)c4)cc32)c([2H])c(CC([2H])(C([2H])([2H])[2H])C([2H])([2H])[2H])c1-c1ccccc1. The van der Waals surface area contributed by atoms with Crippen molar-refractivity contribution in [2.75, 3.05) is 16.5 Å². The highest BCUT2D eigenvalue weighted by atomic mass is 16.5. The van der Waals surface area contributed by atoms with E-state index in [1.165, 1.54) is 22.3 Å². The summed E-state index contributed by atoms with van der Waals surface area (Å²) in [4.78, 5) is 9.55. The molecule has 0 amide bonds. The zero-order chi connectivity index (χ0) is 60.1. The van der Waals surface area contributed by atoms with Gasteiger partial charge in [-0.3, -0.25) is 4.57 Å². The van der Waals surface area contributed by atoms with Crippen molar-refractivity contribution in [2.45, 2.75) is 98.7 Å². The predicted molar refractivity (Wildman–Crippen MR) is 318 cm³/mol. The molecule has 10 aromatic rings. The van der Waals surface area contributed by atoms with Crippen LogP contribution in [0.1, 0.15) is 111 Å². The third kappa shape index (κ3) is 9.61. The Labute approximate surface area is 457 Å². The lowest BCUT2D eigenvalue weighted by Gasteiger charge is -2.31. The monoisotopic (exact) mass is 992 g/mol. The van der Waals surface area contributed by atoms with Crippen LogP contribution in [-0.2, 0) is 22.7 Å². The van der Waals surface area contributed by atoms with Gasteiger partial charge in [0.25, 0.3) is 0 Å². The Kier molecular flexibility index (Phi) is 10.1. The second-order valence-corrected chi connectivity index (χ2v) is 23.0. The number of hydrogen-bond acceptors (Lipinski definition) is 4. The van der Waals surface area contributed by atoms with Crippen LogP contribution in [0.15, 0.2) is 194 Å². The van der Waals surface area contributed by atoms with Gasteiger partial charge in [-0.1, -0.05) is 191 Å². The van der Waals surface area contributed by atoms with Crippen LogP contribution < -0.4 is 14.5 Å². The number of aromatic nitrogens is 2. The fraction of sp³-hybridized carbons (Fsp3) is 0.243. The number of ether oxygens (including phenoxy) is 1. The lowest BCUT2D eigenvalue weighted by atomic mass is 9.77. The Morgan fingerprint density at radius 3 is 1.75 bits per heavy atom. The van der Waals surface area contributed by atoms with E-state index in [1.54, 1.807) is 34.9 Å².